The van der Waals surface area contributed by atoms with Gasteiger partial charge in [-0.15, -0.1) is 0 Å². The number of phenols is 1. The molecule has 5 rings (SSSR count). The first kappa shape index (κ1) is 17.8. The molecule has 1 N–H and O–H groups in total. The Bertz CT molecular complexity index is 1210. The lowest BCUT2D eigenvalue weighted by atomic mass is 9.96. The molecule has 1 aromatic carbocycles. The molecule has 4 aromatic rings. The largest absolute Gasteiger partial charge is 0.507 e. The monoisotopic (exact) mass is 386 g/mol. The predicted molar refractivity (Wildman–Crippen MR) is 111 cm³/mol. The Balaban J connectivity index is 1.60. The van der Waals surface area contributed by atoms with Crippen molar-refractivity contribution < 1.29 is 5.11 Å². The molecule has 1 aliphatic rings. The second-order valence-electron chi connectivity index (χ2n) is 7.82. The number of likely N-dealkylation sites (tertiary alicyclic amines) is 1. The Kier molecular flexibility index (Phi) is 4.06. The normalized spacial score (nSPS) is 15.0. The Labute approximate surface area is 168 Å². The van der Waals surface area contributed by atoms with Crippen molar-refractivity contribution in [3.05, 3.63) is 59.5 Å². The molecule has 0 aliphatic carbocycles. The van der Waals surface area contributed by atoms with E-state index in [2.05, 4.69) is 27.1 Å². The summed E-state index contributed by atoms with van der Waals surface area (Å²) in [4.78, 5) is 6.77. The van der Waals surface area contributed by atoms with E-state index in [1.54, 1.807) is 10.6 Å². The molecule has 0 atom stereocenters. The number of rotatable bonds is 3. The zero-order chi connectivity index (χ0) is 20.1. The van der Waals surface area contributed by atoms with E-state index in [0.29, 0.717) is 17.2 Å². The van der Waals surface area contributed by atoms with Crippen LogP contribution in [0.5, 0.6) is 5.75 Å². The van der Waals surface area contributed by atoms with E-state index in [0.717, 1.165) is 46.9 Å². The van der Waals surface area contributed by atoms with Crippen molar-refractivity contribution >= 4 is 5.65 Å². The van der Waals surface area contributed by atoms with E-state index in [4.69, 9.17) is 5.10 Å². The summed E-state index contributed by atoms with van der Waals surface area (Å²) in [5.74, 6) is 0.593. The van der Waals surface area contributed by atoms with Gasteiger partial charge in [-0.2, -0.15) is 15.3 Å². The fraction of sp³-hybridized carbons (Fsp3) is 0.273. The van der Waals surface area contributed by atoms with Gasteiger partial charge in [0.05, 0.1) is 34.5 Å². The molecule has 146 valence electrons. The first-order chi connectivity index (χ1) is 14.0. The lowest BCUT2D eigenvalue weighted by Gasteiger charge is -2.35. The zero-order valence-electron chi connectivity index (χ0n) is 16.7. The molecule has 0 radical (unpaired) electrons. The molecule has 7 nitrogen and oxygen atoms in total. The standard InChI is InChI=1S/C22H22N6O/c1-13-9-19(26-28-10-14(2)23-22(13)28)16-5-4-6-20(29)21(16)18-8-7-17(24-25-18)15-11-27(3)12-15/h4-10,15,29H,11-12H2,1-3H3. The second kappa shape index (κ2) is 6.63. The lowest BCUT2D eigenvalue weighted by Crippen LogP contribution is -2.42. The average Bonchev–Trinajstić information content (AvgIpc) is 3.06. The minimum Gasteiger partial charge on any atom is -0.507 e. The number of imidazole rings is 1. The maximum atomic E-state index is 10.6. The molecule has 0 amide bonds. The van der Waals surface area contributed by atoms with Crippen LogP contribution < -0.4 is 0 Å². The van der Waals surface area contributed by atoms with Crippen LogP contribution in [-0.4, -0.2) is 54.9 Å². The Morgan fingerprint density at radius 2 is 1.86 bits per heavy atom. The smallest absolute Gasteiger partial charge is 0.156 e. The number of phenolic OH excluding ortho intramolecular Hbond substituents is 1. The lowest BCUT2D eigenvalue weighted by molar-refractivity contribution is 0.186. The highest BCUT2D eigenvalue weighted by Gasteiger charge is 2.26. The number of nitrogens with zero attached hydrogens (tertiary/aromatic N) is 6. The summed E-state index contributed by atoms with van der Waals surface area (Å²) in [6, 6.07) is 11.4. The molecule has 0 unspecified atom stereocenters. The van der Waals surface area contributed by atoms with Gasteiger partial charge in [0.1, 0.15) is 5.75 Å². The van der Waals surface area contributed by atoms with Crippen LogP contribution >= 0.6 is 0 Å². The number of hydrogen-bond acceptors (Lipinski definition) is 6. The van der Waals surface area contributed by atoms with Crippen LogP contribution in [0.15, 0.2) is 42.6 Å². The number of hydrogen-bond donors (Lipinski definition) is 1. The summed E-state index contributed by atoms with van der Waals surface area (Å²) in [5.41, 5.74) is 6.60. The molecule has 3 aromatic heterocycles. The Morgan fingerprint density at radius 1 is 1.03 bits per heavy atom. The summed E-state index contributed by atoms with van der Waals surface area (Å²) in [7, 11) is 2.10. The SMILES string of the molecule is Cc1cn2nc(-c3cccc(O)c3-c3ccc(C4CN(C)C4)nn3)cc(C)c2n1. The van der Waals surface area contributed by atoms with Crippen molar-refractivity contribution in [1.82, 2.24) is 29.7 Å². The Morgan fingerprint density at radius 3 is 2.59 bits per heavy atom. The van der Waals surface area contributed by atoms with Gasteiger partial charge in [-0.1, -0.05) is 12.1 Å². The van der Waals surface area contributed by atoms with Gasteiger partial charge in [-0.25, -0.2) is 9.50 Å². The van der Waals surface area contributed by atoms with Crippen LogP contribution in [0.2, 0.25) is 0 Å². The molecule has 0 bridgehead atoms. The van der Waals surface area contributed by atoms with Gasteiger partial charge in [-0.3, -0.25) is 0 Å². The summed E-state index contributed by atoms with van der Waals surface area (Å²) in [5, 5.41) is 24.2. The molecule has 1 saturated heterocycles. The number of aryl methyl sites for hydroxylation is 2. The molecular weight excluding hydrogens is 364 g/mol. The molecule has 0 spiro atoms. The van der Waals surface area contributed by atoms with E-state index in [-0.39, 0.29) is 5.75 Å². The summed E-state index contributed by atoms with van der Waals surface area (Å²) < 4.78 is 1.79. The first-order valence-electron chi connectivity index (χ1n) is 9.68. The van der Waals surface area contributed by atoms with E-state index < -0.39 is 0 Å². The van der Waals surface area contributed by atoms with Crippen molar-refractivity contribution in [2.24, 2.45) is 0 Å². The van der Waals surface area contributed by atoms with Crippen molar-refractivity contribution in [2.45, 2.75) is 19.8 Å². The third-order valence-corrected chi connectivity index (χ3v) is 5.47. The van der Waals surface area contributed by atoms with Crippen LogP contribution in [0.25, 0.3) is 28.2 Å². The highest BCUT2D eigenvalue weighted by atomic mass is 16.3. The van der Waals surface area contributed by atoms with E-state index >= 15 is 0 Å². The van der Waals surface area contributed by atoms with Gasteiger partial charge in [0.25, 0.3) is 0 Å². The average molecular weight is 386 g/mol. The van der Waals surface area contributed by atoms with Crippen molar-refractivity contribution in [1.29, 1.82) is 0 Å². The minimum atomic E-state index is 0.161. The molecule has 29 heavy (non-hydrogen) atoms. The van der Waals surface area contributed by atoms with E-state index in [9.17, 15) is 5.11 Å². The maximum Gasteiger partial charge on any atom is 0.156 e. The molecular formula is C22H22N6O. The third-order valence-electron chi connectivity index (χ3n) is 5.47. The van der Waals surface area contributed by atoms with Crippen LogP contribution in [0.1, 0.15) is 22.9 Å². The van der Waals surface area contributed by atoms with Gasteiger partial charge in [0.15, 0.2) is 5.65 Å². The Hall–Kier alpha value is -3.32. The third kappa shape index (κ3) is 3.03. The van der Waals surface area contributed by atoms with Gasteiger partial charge >= 0.3 is 0 Å². The van der Waals surface area contributed by atoms with Crippen LogP contribution in [0.4, 0.5) is 0 Å². The molecule has 7 heteroatoms. The zero-order valence-corrected chi connectivity index (χ0v) is 16.7. The quantitative estimate of drug-likeness (QED) is 0.582. The van der Waals surface area contributed by atoms with Gasteiger partial charge in [-0.05, 0) is 50.7 Å². The molecule has 0 saturated carbocycles. The molecule has 1 aliphatic heterocycles. The van der Waals surface area contributed by atoms with Gasteiger partial charge in [0.2, 0.25) is 0 Å². The topological polar surface area (TPSA) is 79.4 Å². The van der Waals surface area contributed by atoms with Crippen molar-refractivity contribution in [3.63, 3.8) is 0 Å². The highest BCUT2D eigenvalue weighted by molar-refractivity contribution is 5.84. The van der Waals surface area contributed by atoms with Crippen molar-refractivity contribution in [3.8, 4) is 28.3 Å². The first-order valence-corrected chi connectivity index (χ1v) is 9.68. The highest BCUT2D eigenvalue weighted by Crippen LogP contribution is 2.37. The number of benzene rings is 1. The van der Waals surface area contributed by atoms with E-state index in [1.807, 2.05) is 50.4 Å². The van der Waals surface area contributed by atoms with E-state index in [1.165, 1.54) is 0 Å². The number of fused-ring (bicyclic) bond motifs is 1. The predicted octanol–water partition coefficient (Wildman–Crippen LogP) is 3.20. The van der Waals surface area contributed by atoms with Crippen LogP contribution in [0, 0.1) is 13.8 Å². The van der Waals surface area contributed by atoms with Crippen LogP contribution in [-0.2, 0) is 0 Å². The van der Waals surface area contributed by atoms with Crippen LogP contribution in [0.3, 0.4) is 0 Å². The maximum absolute atomic E-state index is 10.6. The molecule has 4 heterocycles. The van der Waals surface area contributed by atoms with Gasteiger partial charge < -0.3 is 10.0 Å². The van der Waals surface area contributed by atoms with Crippen molar-refractivity contribution in [2.75, 3.05) is 20.1 Å². The summed E-state index contributed by atoms with van der Waals surface area (Å²) in [6.45, 7) is 5.97. The second-order valence-corrected chi connectivity index (χ2v) is 7.82. The summed E-state index contributed by atoms with van der Waals surface area (Å²) >= 11 is 0. The summed E-state index contributed by atoms with van der Waals surface area (Å²) in [6.07, 6.45) is 1.90. The van der Waals surface area contributed by atoms with Gasteiger partial charge in [0, 0.05) is 24.6 Å². The minimum absolute atomic E-state index is 0.161. The fourth-order valence-corrected chi connectivity index (χ4v) is 3.98. The number of likely N-dealkylation sites (N-methyl/N-ethyl adjacent to an activating group) is 1. The number of aromatic hydroxyl groups is 1. The fourth-order valence-electron chi connectivity index (χ4n) is 3.98. The molecule has 1 fully saturated rings. The number of aromatic nitrogens is 5.